The maximum absolute atomic E-state index is 13.2. The molecule has 4 aromatic heterocycles. The van der Waals surface area contributed by atoms with Gasteiger partial charge in [0.1, 0.15) is 23.0 Å². The summed E-state index contributed by atoms with van der Waals surface area (Å²) in [6.45, 7) is 1.49. The van der Waals surface area contributed by atoms with Crippen molar-refractivity contribution in [2.45, 2.75) is 6.54 Å². The van der Waals surface area contributed by atoms with Crippen LogP contribution in [0.4, 0.5) is 11.5 Å². The molecule has 0 radical (unpaired) electrons. The highest BCUT2D eigenvalue weighted by molar-refractivity contribution is 7.18. The number of furan rings is 1. The average Bonchev–Trinajstić information content (AvgIpc) is 3.75. The number of carbonyl (C=O) groups is 1. The van der Waals surface area contributed by atoms with E-state index in [4.69, 9.17) is 14.9 Å². The summed E-state index contributed by atoms with van der Waals surface area (Å²) in [5, 5.41) is 7.02. The Morgan fingerprint density at radius 1 is 1.19 bits per heavy atom. The smallest absolute Gasteiger partial charge is 0.272 e. The van der Waals surface area contributed by atoms with Gasteiger partial charge in [0.25, 0.3) is 5.91 Å². The van der Waals surface area contributed by atoms with Crippen LogP contribution in [-0.4, -0.2) is 41.1 Å². The topological polar surface area (TPSA) is 98.6 Å². The Balaban J connectivity index is 1.24. The fourth-order valence-electron chi connectivity index (χ4n) is 5.17. The minimum atomic E-state index is -0.208. The quantitative estimate of drug-likeness (QED) is 0.191. The first-order chi connectivity index (χ1) is 20.4. The number of nitrogens with two attached hydrogens (primary N) is 1. The van der Waals surface area contributed by atoms with E-state index in [1.807, 2.05) is 85.5 Å². The summed E-state index contributed by atoms with van der Waals surface area (Å²) in [6.07, 6.45) is 7.70. The summed E-state index contributed by atoms with van der Waals surface area (Å²) < 4.78 is 14.1. The molecule has 6 rings (SSSR count). The molecule has 0 unspecified atom stereocenters. The molecule has 4 heterocycles. The van der Waals surface area contributed by atoms with Crippen LogP contribution >= 0.6 is 11.3 Å². The predicted octanol–water partition coefficient (Wildman–Crippen LogP) is 7.04. The number of aryl methyl sites for hydroxylation is 1. The summed E-state index contributed by atoms with van der Waals surface area (Å²) in [5.41, 5.74) is 11.4. The number of rotatable bonds is 9. The molecule has 1 amide bonds. The lowest BCUT2D eigenvalue weighted by Crippen LogP contribution is -2.17. The monoisotopic (exact) mass is 577 g/mol. The van der Waals surface area contributed by atoms with Gasteiger partial charge in [-0.3, -0.25) is 9.69 Å². The van der Waals surface area contributed by atoms with Crippen LogP contribution in [-0.2, 0) is 13.6 Å². The van der Waals surface area contributed by atoms with Gasteiger partial charge in [0.05, 0.1) is 25.6 Å². The van der Waals surface area contributed by atoms with Gasteiger partial charge in [0, 0.05) is 51.9 Å². The number of hydrogen-bond acceptors (Lipinski definition) is 7. The number of carbonyl (C=O) groups excluding carboxylic acids is 1. The fourth-order valence-corrected chi connectivity index (χ4v) is 6.24. The summed E-state index contributed by atoms with van der Waals surface area (Å²) >= 11 is 1.63. The molecule has 212 valence electrons. The number of para-hydroxylation sites is 1. The third-order valence-corrected chi connectivity index (χ3v) is 8.35. The van der Waals surface area contributed by atoms with E-state index in [0.29, 0.717) is 22.9 Å². The summed E-state index contributed by atoms with van der Waals surface area (Å²) in [6, 6.07) is 19.4. The van der Waals surface area contributed by atoms with Gasteiger partial charge in [0.2, 0.25) is 0 Å². The number of ether oxygens (including phenoxy) is 1. The van der Waals surface area contributed by atoms with Crippen LogP contribution in [0.25, 0.3) is 38.2 Å². The molecule has 8 nitrogen and oxygen atoms in total. The first kappa shape index (κ1) is 27.3. The van der Waals surface area contributed by atoms with Crippen LogP contribution in [0.5, 0.6) is 5.75 Å². The number of benzene rings is 2. The van der Waals surface area contributed by atoms with Crippen molar-refractivity contribution in [1.82, 2.24) is 14.5 Å². The molecule has 0 saturated carbocycles. The number of anilines is 2. The zero-order chi connectivity index (χ0) is 29.2. The lowest BCUT2D eigenvalue weighted by molar-refractivity contribution is 0.101. The highest BCUT2D eigenvalue weighted by atomic mass is 32.1. The Kier molecular flexibility index (Phi) is 7.52. The van der Waals surface area contributed by atoms with E-state index in [1.165, 1.54) is 0 Å². The molecule has 0 atom stereocenters. The first-order valence-electron chi connectivity index (χ1n) is 13.5. The molecule has 6 aromatic rings. The van der Waals surface area contributed by atoms with Crippen molar-refractivity contribution in [2.24, 2.45) is 7.05 Å². The number of amides is 1. The van der Waals surface area contributed by atoms with E-state index in [9.17, 15) is 4.79 Å². The zero-order valence-corrected chi connectivity index (χ0v) is 24.4. The minimum absolute atomic E-state index is 0.208. The van der Waals surface area contributed by atoms with Gasteiger partial charge in [-0.2, -0.15) is 0 Å². The number of nitrogen functional groups attached to an aromatic ring is 1. The van der Waals surface area contributed by atoms with Gasteiger partial charge in [-0.15, -0.1) is 11.3 Å². The Bertz CT molecular complexity index is 1920. The second kappa shape index (κ2) is 11.6. The Labute approximate surface area is 247 Å². The highest BCUT2D eigenvalue weighted by Gasteiger charge is 2.18. The van der Waals surface area contributed by atoms with Crippen LogP contribution in [0, 0.1) is 0 Å². The molecule has 0 aliphatic heterocycles. The second-order valence-electron chi connectivity index (χ2n) is 10.1. The van der Waals surface area contributed by atoms with Crippen molar-refractivity contribution >= 4 is 55.8 Å². The first-order valence-corrected chi connectivity index (χ1v) is 14.4. The highest BCUT2D eigenvalue weighted by Crippen LogP contribution is 2.41. The van der Waals surface area contributed by atoms with Gasteiger partial charge in [-0.25, -0.2) is 4.98 Å². The van der Waals surface area contributed by atoms with E-state index in [0.717, 1.165) is 56.5 Å². The van der Waals surface area contributed by atoms with E-state index < -0.39 is 0 Å². The molecule has 42 heavy (non-hydrogen) atoms. The van der Waals surface area contributed by atoms with E-state index in [2.05, 4.69) is 32.7 Å². The molecule has 9 heteroatoms. The number of pyridine rings is 1. The molecule has 0 aliphatic carbocycles. The van der Waals surface area contributed by atoms with Gasteiger partial charge >= 0.3 is 0 Å². The Morgan fingerprint density at radius 2 is 2.05 bits per heavy atom. The van der Waals surface area contributed by atoms with E-state index in [-0.39, 0.29) is 5.91 Å². The van der Waals surface area contributed by atoms with Crippen molar-refractivity contribution in [3.05, 3.63) is 102 Å². The normalized spacial score (nSPS) is 11.7. The number of nitrogens with zero attached hydrogens (tertiary/aromatic N) is 3. The predicted molar refractivity (Wildman–Crippen MR) is 171 cm³/mol. The van der Waals surface area contributed by atoms with E-state index in [1.54, 1.807) is 24.7 Å². The molecule has 2 aromatic carbocycles. The summed E-state index contributed by atoms with van der Waals surface area (Å²) in [7, 11) is 5.54. The van der Waals surface area contributed by atoms with Crippen molar-refractivity contribution in [3.63, 3.8) is 0 Å². The number of nitrogens with one attached hydrogen (secondary N) is 1. The molecule has 0 aliphatic rings. The molecule has 0 bridgehead atoms. The molecule has 0 spiro atoms. The van der Waals surface area contributed by atoms with Crippen molar-refractivity contribution in [1.29, 1.82) is 0 Å². The summed E-state index contributed by atoms with van der Waals surface area (Å²) in [4.78, 5) is 19.9. The number of methoxy groups -OCH3 is 1. The SMILES string of the molecule is COc1cc(-c2csc3c(/C=C/CN(C)Cc4ccco4)cnc(N)c23)ccc1NC(=O)c1cc2ccccc2n1C. The molecule has 0 saturated heterocycles. The number of fused-ring (bicyclic) bond motifs is 2. The van der Waals surface area contributed by atoms with Gasteiger partial charge < -0.3 is 24.8 Å². The number of aromatic nitrogens is 2. The average molecular weight is 578 g/mol. The van der Waals surface area contributed by atoms with E-state index >= 15 is 0 Å². The Morgan fingerprint density at radius 3 is 2.83 bits per heavy atom. The largest absolute Gasteiger partial charge is 0.495 e. The van der Waals surface area contributed by atoms with Crippen molar-refractivity contribution in [2.75, 3.05) is 31.8 Å². The maximum Gasteiger partial charge on any atom is 0.272 e. The zero-order valence-electron chi connectivity index (χ0n) is 23.6. The lowest BCUT2D eigenvalue weighted by atomic mass is 10.0. The van der Waals surface area contributed by atoms with Crippen LogP contribution in [0.3, 0.4) is 0 Å². The van der Waals surface area contributed by atoms with Crippen LogP contribution in [0.1, 0.15) is 21.8 Å². The second-order valence-corrected chi connectivity index (χ2v) is 11.0. The molecule has 3 N–H and O–H groups in total. The fraction of sp³-hybridized carbons (Fsp3) is 0.152. The summed E-state index contributed by atoms with van der Waals surface area (Å²) in [5.74, 6) is 1.75. The Hall–Kier alpha value is -4.86. The lowest BCUT2D eigenvalue weighted by Gasteiger charge is -2.13. The van der Waals surface area contributed by atoms with Crippen LogP contribution in [0.2, 0.25) is 0 Å². The van der Waals surface area contributed by atoms with Crippen molar-refractivity contribution in [3.8, 4) is 16.9 Å². The van der Waals surface area contributed by atoms with Gasteiger partial charge in [0.15, 0.2) is 0 Å². The molecular weight excluding hydrogens is 546 g/mol. The van der Waals surface area contributed by atoms with Crippen LogP contribution in [0.15, 0.2) is 89.0 Å². The van der Waals surface area contributed by atoms with Crippen molar-refractivity contribution < 1.29 is 13.9 Å². The number of hydrogen-bond donors (Lipinski definition) is 2. The third-order valence-electron chi connectivity index (χ3n) is 7.32. The molecule has 0 fully saturated rings. The molecular formula is C33H31N5O3S. The number of likely N-dealkylation sites (N-methyl/N-ethyl adjacent to an activating group) is 1. The number of thiophene rings is 1. The van der Waals surface area contributed by atoms with Crippen LogP contribution < -0.4 is 15.8 Å². The standard InChI is InChI=1S/C33H31N5O3S/c1-37(19-24-10-7-15-41-24)14-6-9-23-18-35-32(34)30-25(20-42-31(23)30)21-12-13-26(29(17-21)40-3)36-33(39)28-16-22-8-4-5-11-27(22)38(28)2/h4-13,15-18,20H,14,19H2,1-3H3,(H2,34,35)(H,36,39)/b9-6+. The minimum Gasteiger partial charge on any atom is -0.495 e. The van der Waals surface area contributed by atoms with Gasteiger partial charge in [-0.05, 0) is 54.4 Å². The maximum atomic E-state index is 13.2. The van der Waals surface area contributed by atoms with Gasteiger partial charge in [-0.1, -0.05) is 36.4 Å². The third kappa shape index (κ3) is 5.27.